The first-order valence-corrected chi connectivity index (χ1v) is 11.2. The molecule has 9 heteroatoms. The van der Waals surface area contributed by atoms with Crippen molar-refractivity contribution >= 4 is 18.0 Å². The first kappa shape index (κ1) is 23.7. The molecule has 0 bridgehead atoms. The fourth-order valence-electron chi connectivity index (χ4n) is 4.73. The Kier molecular flexibility index (Phi) is 6.54. The molecule has 0 unspecified atom stereocenters. The lowest BCUT2D eigenvalue weighted by Crippen LogP contribution is -2.45. The molecular formula is C25H26F2N2O5. The summed E-state index contributed by atoms with van der Waals surface area (Å²) < 4.78 is 32.9. The number of carbonyl (C=O) groups is 3. The molecule has 1 fully saturated rings. The zero-order valence-electron chi connectivity index (χ0n) is 18.7. The van der Waals surface area contributed by atoms with Crippen LogP contribution in [0.25, 0.3) is 11.1 Å². The molecule has 1 saturated heterocycles. The van der Waals surface area contributed by atoms with Gasteiger partial charge in [0.2, 0.25) is 5.91 Å². The van der Waals surface area contributed by atoms with E-state index in [0.717, 1.165) is 22.3 Å². The molecule has 2 N–H and O–H groups in total. The second-order valence-corrected chi connectivity index (χ2v) is 8.71. The third kappa shape index (κ3) is 4.73. The standard InChI is InChI=1S/C25H26F2N2O5/c1-2-15(11-22(30)29-14-25(26,27)12-21(29)23(31)32)28-24(33)34-13-20-18-9-5-3-7-16(18)17-8-4-6-10-19(17)20/h3-10,15,20-21H,2,11-14H2,1H3,(H,28,33)(H,31,32)/t15-,21-/m1/s1. The third-order valence-electron chi connectivity index (χ3n) is 6.45. The van der Waals surface area contributed by atoms with Gasteiger partial charge in [-0.15, -0.1) is 0 Å². The van der Waals surface area contributed by atoms with Crippen LogP contribution in [-0.4, -0.2) is 59.1 Å². The quantitative estimate of drug-likeness (QED) is 0.635. The number of ether oxygens (including phenoxy) is 1. The minimum atomic E-state index is -3.25. The molecule has 2 amide bonds. The summed E-state index contributed by atoms with van der Waals surface area (Å²) in [5.74, 6) is -5.58. The number of hydrogen-bond acceptors (Lipinski definition) is 4. The van der Waals surface area contributed by atoms with Crippen LogP contribution in [0.3, 0.4) is 0 Å². The van der Waals surface area contributed by atoms with Gasteiger partial charge in [0, 0.05) is 24.8 Å². The van der Waals surface area contributed by atoms with Crippen molar-refractivity contribution in [2.45, 2.75) is 50.1 Å². The lowest BCUT2D eigenvalue weighted by molar-refractivity contribution is -0.148. The molecular weight excluding hydrogens is 446 g/mol. The van der Waals surface area contributed by atoms with Crippen molar-refractivity contribution in [3.8, 4) is 11.1 Å². The highest BCUT2D eigenvalue weighted by Gasteiger charge is 2.50. The zero-order valence-corrected chi connectivity index (χ0v) is 18.7. The van der Waals surface area contributed by atoms with Crippen LogP contribution in [0.4, 0.5) is 13.6 Å². The summed E-state index contributed by atoms with van der Waals surface area (Å²) in [6.07, 6.45) is -1.58. The minimum absolute atomic E-state index is 0.101. The van der Waals surface area contributed by atoms with Crippen LogP contribution in [0.2, 0.25) is 0 Å². The van der Waals surface area contributed by atoms with Gasteiger partial charge in [-0.2, -0.15) is 0 Å². The monoisotopic (exact) mass is 472 g/mol. The largest absolute Gasteiger partial charge is 0.480 e. The number of aliphatic carboxylic acids is 1. The van der Waals surface area contributed by atoms with Gasteiger partial charge in [-0.1, -0.05) is 55.5 Å². The summed E-state index contributed by atoms with van der Waals surface area (Å²) in [6.45, 7) is 0.892. The summed E-state index contributed by atoms with van der Waals surface area (Å²) in [5.41, 5.74) is 4.32. The van der Waals surface area contributed by atoms with Crippen molar-refractivity contribution in [3.63, 3.8) is 0 Å². The van der Waals surface area contributed by atoms with Crippen molar-refractivity contribution in [3.05, 3.63) is 59.7 Å². The van der Waals surface area contributed by atoms with Crippen LogP contribution >= 0.6 is 0 Å². The summed E-state index contributed by atoms with van der Waals surface area (Å²) in [7, 11) is 0. The number of likely N-dealkylation sites (tertiary alicyclic amines) is 1. The van der Waals surface area contributed by atoms with E-state index in [-0.39, 0.29) is 18.9 Å². The van der Waals surface area contributed by atoms with Crippen molar-refractivity contribution in [2.75, 3.05) is 13.2 Å². The number of alkyl carbamates (subject to hydrolysis) is 1. The van der Waals surface area contributed by atoms with Crippen LogP contribution in [0.5, 0.6) is 0 Å². The third-order valence-corrected chi connectivity index (χ3v) is 6.45. The van der Waals surface area contributed by atoms with E-state index in [4.69, 9.17) is 4.74 Å². The Balaban J connectivity index is 1.36. The SMILES string of the molecule is CC[C@H](CC(=O)N1CC(F)(F)C[C@@H]1C(=O)O)NC(=O)OCC1c2ccccc2-c2ccccc21. The van der Waals surface area contributed by atoms with Gasteiger partial charge >= 0.3 is 12.1 Å². The number of rotatable bonds is 7. The van der Waals surface area contributed by atoms with Crippen LogP contribution in [-0.2, 0) is 14.3 Å². The van der Waals surface area contributed by atoms with Crippen molar-refractivity contribution in [1.82, 2.24) is 10.2 Å². The summed E-state index contributed by atoms with van der Waals surface area (Å²) in [6, 6.07) is 13.6. The predicted octanol–water partition coefficient (Wildman–Crippen LogP) is 4.01. The average Bonchev–Trinajstić information content (AvgIpc) is 3.31. The Morgan fingerprint density at radius 1 is 1.12 bits per heavy atom. The lowest BCUT2D eigenvalue weighted by Gasteiger charge is -2.24. The zero-order chi connectivity index (χ0) is 24.5. The molecule has 0 spiro atoms. The Bertz CT molecular complexity index is 1060. The minimum Gasteiger partial charge on any atom is -0.480 e. The fraction of sp³-hybridized carbons (Fsp3) is 0.400. The number of nitrogens with one attached hydrogen (secondary N) is 1. The Morgan fingerprint density at radius 2 is 1.71 bits per heavy atom. The van der Waals surface area contributed by atoms with Gasteiger partial charge in [-0.05, 0) is 28.7 Å². The molecule has 0 aromatic heterocycles. The number of benzene rings is 2. The van der Waals surface area contributed by atoms with Gasteiger partial charge in [0.1, 0.15) is 12.6 Å². The molecule has 0 radical (unpaired) electrons. The van der Waals surface area contributed by atoms with E-state index >= 15 is 0 Å². The molecule has 7 nitrogen and oxygen atoms in total. The predicted molar refractivity (Wildman–Crippen MR) is 120 cm³/mol. The molecule has 2 aromatic carbocycles. The van der Waals surface area contributed by atoms with Gasteiger partial charge in [-0.25, -0.2) is 18.4 Å². The molecule has 2 aromatic rings. The van der Waals surface area contributed by atoms with Gasteiger partial charge < -0.3 is 20.1 Å². The van der Waals surface area contributed by atoms with Gasteiger partial charge in [0.25, 0.3) is 5.92 Å². The van der Waals surface area contributed by atoms with E-state index in [1.54, 1.807) is 6.92 Å². The molecule has 2 aliphatic rings. The number of halogens is 2. The second-order valence-electron chi connectivity index (χ2n) is 8.71. The average molecular weight is 472 g/mol. The topological polar surface area (TPSA) is 95.9 Å². The van der Waals surface area contributed by atoms with E-state index in [1.165, 1.54) is 0 Å². The van der Waals surface area contributed by atoms with E-state index in [0.29, 0.717) is 11.3 Å². The Morgan fingerprint density at radius 3 is 2.26 bits per heavy atom. The van der Waals surface area contributed by atoms with Crippen LogP contribution in [0.1, 0.15) is 43.2 Å². The summed E-state index contributed by atoms with van der Waals surface area (Å²) in [5, 5.41) is 11.8. The fourth-order valence-corrected chi connectivity index (χ4v) is 4.73. The van der Waals surface area contributed by atoms with Gasteiger partial charge in [0.05, 0.1) is 6.54 Å². The summed E-state index contributed by atoms with van der Waals surface area (Å²) in [4.78, 5) is 37.1. The Labute approximate surface area is 195 Å². The van der Waals surface area contributed by atoms with E-state index in [9.17, 15) is 28.3 Å². The molecule has 180 valence electrons. The van der Waals surface area contributed by atoms with Crippen LogP contribution < -0.4 is 5.32 Å². The maximum atomic E-state index is 13.7. The van der Waals surface area contributed by atoms with E-state index in [2.05, 4.69) is 5.32 Å². The number of amides is 2. The first-order chi connectivity index (χ1) is 16.2. The molecule has 1 aliphatic carbocycles. The molecule has 0 saturated carbocycles. The van der Waals surface area contributed by atoms with Gasteiger partial charge in [0.15, 0.2) is 0 Å². The van der Waals surface area contributed by atoms with Crippen LogP contribution in [0, 0.1) is 0 Å². The highest BCUT2D eigenvalue weighted by atomic mass is 19.3. The Hall–Kier alpha value is -3.49. The molecule has 1 aliphatic heterocycles. The number of fused-ring (bicyclic) bond motifs is 3. The second kappa shape index (κ2) is 9.40. The number of carbonyl (C=O) groups excluding carboxylic acids is 2. The lowest BCUT2D eigenvalue weighted by atomic mass is 9.98. The number of alkyl halides is 2. The number of hydrogen-bond donors (Lipinski definition) is 2. The number of nitrogens with zero attached hydrogens (tertiary/aromatic N) is 1. The molecule has 1 heterocycles. The first-order valence-electron chi connectivity index (χ1n) is 11.2. The smallest absolute Gasteiger partial charge is 0.407 e. The molecule has 4 rings (SSSR count). The molecule has 2 atom stereocenters. The number of carboxylic acids is 1. The van der Waals surface area contributed by atoms with Crippen molar-refractivity contribution in [1.29, 1.82) is 0 Å². The molecule has 34 heavy (non-hydrogen) atoms. The summed E-state index contributed by atoms with van der Waals surface area (Å²) >= 11 is 0. The highest BCUT2D eigenvalue weighted by molar-refractivity contribution is 5.85. The van der Waals surface area contributed by atoms with Crippen molar-refractivity contribution < 1.29 is 33.0 Å². The van der Waals surface area contributed by atoms with E-state index in [1.807, 2.05) is 48.5 Å². The van der Waals surface area contributed by atoms with Crippen LogP contribution in [0.15, 0.2) is 48.5 Å². The van der Waals surface area contributed by atoms with Crippen molar-refractivity contribution in [2.24, 2.45) is 0 Å². The highest BCUT2D eigenvalue weighted by Crippen LogP contribution is 2.44. The number of carboxylic acid groups (broad SMARTS) is 1. The van der Waals surface area contributed by atoms with Gasteiger partial charge in [-0.3, -0.25) is 4.79 Å². The normalized spacial score (nSPS) is 19.3. The van der Waals surface area contributed by atoms with E-state index < -0.39 is 48.9 Å². The maximum Gasteiger partial charge on any atom is 0.407 e. The maximum absolute atomic E-state index is 13.7.